The Morgan fingerprint density at radius 1 is 1.28 bits per heavy atom. The minimum absolute atomic E-state index is 0.259. The Kier molecular flexibility index (Phi) is 10.7. The Morgan fingerprint density at radius 3 is 2.69 bits per heavy atom. The lowest BCUT2D eigenvalue weighted by molar-refractivity contribution is 0.0170. The highest BCUT2D eigenvalue weighted by Gasteiger charge is 2.22. The lowest BCUT2D eigenvalue weighted by atomic mass is 10.1. The maximum absolute atomic E-state index is 11.6. The van der Waals surface area contributed by atoms with Crippen LogP contribution in [0.4, 0.5) is 4.79 Å². The first-order valence-corrected chi connectivity index (χ1v) is 11.8. The topological polar surface area (TPSA) is 88.1 Å². The lowest BCUT2D eigenvalue weighted by Gasteiger charge is -2.34. The van der Waals surface area contributed by atoms with E-state index in [-0.39, 0.29) is 12.2 Å². The van der Waals surface area contributed by atoms with Gasteiger partial charge in [0.25, 0.3) is 0 Å². The standard InChI is InChI=1S/C24H41N5O3/c1-6-26-22(27-14-9-20-8-13-25-18-19(20)2)29-15-10-21(11-16-29)31-17-7-12-28-23(30)32-24(3,4)5/h8,13,18,21H,6-7,9-12,14-17H2,1-5H3,(H,26,27)(H,28,30). The van der Waals surface area contributed by atoms with Crippen LogP contribution in [0, 0.1) is 6.92 Å². The molecule has 1 aliphatic heterocycles. The van der Waals surface area contributed by atoms with Crippen molar-refractivity contribution in [2.45, 2.75) is 72.0 Å². The maximum atomic E-state index is 11.6. The van der Waals surface area contributed by atoms with Crippen LogP contribution in [-0.4, -0.2) is 73.0 Å². The van der Waals surface area contributed by atoms with E-state index in [9.17, 15) is 4.79 Å². The van der Waals surface area contributed by atoms with Crippen LogP contribution in [0.1, 0.15) is 58.1 Å². The first kappa shape index (κ1) is 25.9. The number of alkyl carbamates (subject to hydrolysis) is 1. The van der Waals surface area contributed by atoms with E-state index in [2.05, 4.69) is 40.4 Å². The van der Waals surface area contributed by atoms with E-state index < -0.39 is 5.60 Å². The molecule has 0 aromatic carbocycles. The van der Waals surface area contributed by atoms with Crippen LogP contribution in [0.3, 0.4) is 0 Å². The number of hydrogen-bond donors (Lipinski definition) is 2. The van der Waals surface area contributed by atoms with Gasteiger partial charge in [0.05, 0.1) is 6.10 Å². The third kappa shape index (κ3) is 9.85. The van der Waals surface area contributed by atoms with E-state index >= 15 is 0 Å². The number of guanidine groups is 1. The summed E-state index contributed by atoms with van der Waals surface area (Å²) in [4.78, 5) is 23.0. The molecule has 180 valence electrons. The van der Waals surface area contributed by atoms with Crippen molar-refractivity contribution in [3.05, 3.63) is 29.6 Å². The van der Waals surface area contributed by atoms with E-state index in [1.165, 1.54) is 11.1 Å². The van der Waals surface area contributed by atoms with Crippen LogP contribution in [-0.2, 0) is 15.9 Å². The van der Waals surface area contributed by atoms with Gasteiger partial charge in [0, 0.05) is 51.7 Å². The molecule has 8 heteroatoms. The molecule has 1 aliphatic rings. The normalized spacial score (nSPS) is 15.5. The molecule has 1 saturated heterocycles. The Balaban J connectivity index is 1.67. The van der Waals surface area contributed by atoms with Crippen molar-refractivity contribution >= 4 is 12.1 Å². The molecule has 2 rings (SSSR count). The highest BCUT2D eigenvalue weighted by molar-refractivity contribution is 5.80. The van der Waals surface area contributed by atoms with Gasteiger partial charge in [-0.15, -0.1) is 0 Å². The largest absolute Gasteiger partial charge is 0.444 e. The lowest BCUT2D eigenvalue weighted by Crippen LogP contribution is -2.47. The first-order chi connectivity index (χ1) is 15.3. The monoisotopic (exact) mass is 447 g/mol. The van der Waals surface area contributed by atoms with Gasteiger partial charge in [0.2, 0.25) is 0 Å². The number of piperidine rings is 1. The van der Waals surface area contributed by atoms with Crippen molar-refractivity contribution in [1.29, 1.82) is 0 Å². The average Bonchev–Trinajstić information content (AvgIpc) is 2.73. The zero-order valence-corrected chi connectivity index (χ0v) is 20.4. The van der Waals surface area contributed by atoms with Crippen molar-refractivity contribution in [3.63, 3.8) is 0 Å². The molecule has 0 radical (unpaired) electrons. The Labute approximate surface area is 193 Å². The second kappa shape index (κ2) is 13.3. The number of carbonyl (C=O) groups is 1. The number of likely N-dealkylation sites (tertiary alicyclic amines) is 1. The summed E-state index contributed by atoms with van der Waals surface area (Å²) in [5, 5.41) is 6.20. The molecule has 0 spiro atoms. The van der Waals surface area contributed by atoms with Gasteiger partial charge in [-0.05, 0) is 77.5 Å². The molecule has 0 unspecified atom stereocenters. The van der Waals surface area contributed by atoms with Crippen molar-refractivity contribution in [2.75, 3.05) is 39.3 Å². The van der Waals surface area contributed by atoms with Crippen LogP contribution < -0.4 is 10.6 Å². The molecular formula is C24H41N5O3. The number of nitrogens with one attached hydrogen (secondary N) is 2. The summed E-state index contributed by atoms with van der Waals surface area (Å²) in [6.45, 7) is 14.4. The quantitative estimate of drug-likeness (QED) is 0.343. The number of carbonyl (C=O) groups excluding carboxylic acids is 1. The van der Waals surface area contributed by atoms with Gasteiger partial charge in [0.15, 0.2) is 5.96 Å². The van der Waals surface area contributed by atoms with Gasteiger partial charge in [0.1, 0.15) is 5.60 Å². The molecule has 0 bridgehead atoms. The number of amides is 1. The minimum atomic E-state index is -0.471. The van der Waals surface area contributed by atoms with E-state index in [1.54, 1.807) is 0 Å². The summed E-state index contributed by atoms with van der Waals surface area (Å²) in [5.74, 6) is 0.985. The van der Waals surface area contributed by atoms with Gasteiger partial charge in [-0.25, -0.2) is 4.79 Å². The van der Waals surface area contributed by atoms with Gasteiger partial charge < -0.3 is 25.0 Å². The van der Waals surface area contributed by atoms with E-state index in [1.807, 2.05) is 33.2 Å². The van der Waals surface area contributed by atoms with E-state index in [4.69, 9.17) is 14.5 Å². The third-order valence-electron chi connectivity index (χ3n) is 5.20. The molecular weight excluding hydrogens is 406 g/mol. The van der Waals surface area contributed by atoms with E-state index in [0.29, 0.717) is 13.2 Å². The fourth-order valence-corrected chi connectivity index (χ4v) is 3.55. The molecule has 0 atom stereocenters. The molecule has 1 fully saturated rings. The number of aromatic nitrogens is 1. The average molecular weight is 448 g/mol. The minimum Gasteiger partial charge on any atom is -0.444 e. The van der Waals surface area contributed by atoms with Crippen molar-refractivity contribution in [3.8, 4) is 0 Å². The highest BCUT2D eigenvalue weighted by atomic mass is 16.6. The fourth-order valence-electron chi connectivity index (χ4n) is 3.55. The van der Waals surface area contributed by atoms with Gasteiger partial charge in [-0.3, -0.25) is 9.98 Å². The summed E-state index contributed by atoms with van der Waals surface area (Å²) in [5.41, 5.74) is 2.04. The van der Waals surface area contributed by atoms with Gasteiger partial charge in [-0.1, -0.05) is 0 Å². The Bertz CT molecular complexity index is 725. The predicted molar refractivity (Wildman–Crippen MR) is 128 cm³/mol. The molecule has 1 aromatic rings. The van der Waals surface area contributed by atoms with Crippen molar-refractivity contribution < 1.29 is 14.3 Å². The van der Waals surface area contributed by atoms with Crippen molar-refractivity contribution in [1.82, 2.24) is 20.5 Å². The first-order valence-electron chi connectivity index (χ1n) is 11.8. The Morgan fingerprint density at radius 2 is 2.03 bits per heavy atom. The molecule has 32 heavy (non-hydrogen) atoms. The maximum Gasteiger partial charge on any atom is 0.407 e. The number of aliphatic imine (C=N–C) groups is 1. The van der Waals surface area contributed by atoms with Gasteiger partial charge in [-0.2, -0.15) is 0 Å². The molecule has 0 aliphatic carbocycles. The second-order valence-corrected chi connectivity index (χ2v) is 9.13. The summed E-state index contributed by atoms with van der Waals surface area (Å²) in [7, 11) is 0. The summed E-state index contributed by atoms with van der Waals surface area (Å²) in [6.07, 6.45) is 7.28. The Hall–Kier alpha value is -2.35. The van der Waals surface area contributed by atoms with Crippen LogP contribution in [0.2, 0.25) is 0 Å². The van der Waals surface area contributed by atoms with Crippen LogP contribution in [0.15, 0.2) is 23.5 Å². The molecule has 8 nitrogen and oxygen atoms in total. The smallest absolute Gasteiger partial charge is 0.407 e. The number of hydrogen-bond acceptors (Lipinski definition) is 5. The van der Waals surface area contributed by atoms with Crippen molar-refractivity contribution in [2.24, 2.45) is 4.99 Å². The second-order valence-electron chi connectivity index (χ2n) is 9.13. The summed E-state index contributed by atoms with van der Waals surface area (Å²) in [6, 6.07) is 2.07. The third-order valence-corrected chi connectivity index (χ3v) is 5.20. The summed E-state index contributed by atoms with van der Waals surface area (Å²) >= 11 is 0. The molecule has 2 N–H and O–H groups in total. The predicted octanol–water partition coefficient (Wildman–Crippen LogP) is 3.29. The molecule has 1 aromatic heterocycles. The van der Waals surface area contributed by atoms with E-state index in [0.717, 1.165) is 57.8 Å². The number of pyridine rings is 1. The SMILES string of the molecule is CCNC(=NCCc1ccncc1C)N1CCC(OCCCNC(=O)OC(C)(C)C)CC1. The van der Waals surface area contributed by atoms with Crippen LogP contribution >= 0.6 is 0 Å². The molecule has 2 heterocycles. The van der Waals surface area contributed by atoms with Crippen LogP contribution in [0.5, 0.6) is 0 Å². The zero-order chi connectivity index (χ0) is 23.4. The number of rotatable bonds is 9. The fraction of sp³-hybridized carbons (Fsp3) is 0.708. The molecule has 0 saturated carbocycles. The number of aryl methyl sites for hydroxylation is 1. The number of nitrogens with zero attached hydrogens (tertiary/aromatic N) is 3. The molecule has 1 amide bonds. The van der Waals surface area contributed by atoms with Crippen LogP contribution in [0.25, 0.3) is 0 Å². The highest BCUT2D eigenvalue weighted by Crippen LogP contribution is 2.14. The van der Waals surface area contributed by atoms with Gasteiger partial charge >= 0.3 is 6.09 Å². The summed E-state index contributed by atoms with van der Waals surface area (Å²) < 4.78 is 11.3. The number of ether oxygens (including phenoxy) is 2. The zero-order valence-electron chi connectivity index (χ0n) is 20.4.